The second kappa shape index (κ2) is 9.51. The Morgan fingerprint density at radius 2 is 1.91 bits per heavy atom. The van der Waals surface area contributed by atoms with Gasteiger partial charge in [-0.1, -0.05) is 29.8 Å². The van der Waals surface area contributed by atoms with Gasteiger partial charge in [0.15, 0.2) is 0 Å². The van der Waals surface area contributed by atoms with Gasteiger partial charge >= 0.3 is 0 Å². The monoisotopic (exact) mass is 480 g/mol. The van der Waals surface area contributed by atoms with E-state index in [-0.39, 0.29) is 5.91 Å². The van der Waals surface area contributed by atoms with Crippen molar-refractivity contribution in [2.24, 2.45) is 11.8 Å². The van der Waals surface area contributed by atoms with E-state index in [9.17, 15) is 4.79 Å². The van der Waals surface area contributed by atoms with E-state index >= 15 is 0 Å². The number of nitrogens with zero attached hydrogens (tertiary/aromatic N) is 2. The number of rotatable bonds is 7. The number of para-hydroxylation sites is 1. The summed E-state index contributed by atoms with van der Waals surface area (Å²) in [5.74, 6) is 2.00. The highest BCUT2D eigenvalue weighted by molar-refractivity contribution is 6.31. The van der Waals surface area contributed by atoms with Crippen molar-refractivity contribution in [1.82, 2.24) is 14.8 Å². The summed E-state index contributed by atoms with van der Waals surface area (Å²) >= 11 is 6.22. The van der Waals surface area contributed by atoms with Crippen LogP contribution >= 0.6 is 11.6 Å². The van der Waals surface area contributed by atoms with E-state index in [0.29, 0.717) is 17.5 Å². The highest BCUT2D eigenvalue weighted by atomic mass is 35.5. The Bertz CT molecular complexity index is 1190. The quantitative estimate of drug-likeness (QED) is 0.469. The number of amides is 1. The first kappa shape index (κ1) is 23.1. The van der Waals surface area contributed by atoms with Gasteiger partial charge in [0.2, 0.25) is 0 Å². The van der Waals surface area contributed by atoms with E-state index in [1.807, 2.05) is 49.1 Å². The minimum absolute atomic E-state index is 0.109. The van der Waals surface area contributed by atoms with Crippen molar-refractivity contribution in [3.63, 3.8) is 0 Å². The molecule has 6 nitrogen and oxygen atoms in total. The number of halogens is 1. The van der Waals surface area contributed by atoms with Crippen molar-refractivity contribution in [3.05, 3.63) is 58.2 Å². The van der Waals surface area contributed by atoms with Crippen LogP contribution in [0.15, 0.2) is 36.4 Å². The molecule has 3 heterocycles. The van der Waals surface area contributed by atoms with Gasteiger partial charge in [0.25, 0.3) is 5.91 Å². The normalized spacial score (nSPS) is 20.2. The zero-order chi connectivity index (χ0) is 23.8. The second-order valence-corrected chi connectivity index (χ2v) is 10.1. The first-order valence-corrected chi connectivity index (χ1v) is 12.5. The number of aryl methyl sites for hydroxylation is 2. The van der Waals surface area contributed by atoms with Gasteiger partial charge in [-0.25, -0.2) is 0 Å². The molecular formula is C27H33ClN4O2. The van der Waals surface area contributed by atoms with Crippen LogP contribution in [0.3, 0.4) is 0 Å². The predicted octanol–water partition coefficient (Wildman–Crippen LogP) is 4.95. The lowest BCUT2D eigenvalue weighted by Gasteiger charge is -2.21. The molecule has 0 bridgehead atoms. The van der Waals surface area contributed by atoms with E-state index in [0.717, 1.165) is 84.2 Å². The lowest BCUT2D eigenvalue weighted by atomic mass is 10.0. The van der Waals surface area contributed by atoms with Crippen LogP contribution in [0.1, 0.15) is 28.0 Å². The number of aromatic nitrogens is 1. The van der Waals surface area contributed by atoms with E-state index < -0.39 is 0 Å². The number of nitrogens with one attached hydrogen (secondary N) is 2. The van der Waals surface area contributed by atoms with Gasteiger partial charge < -0.3 is 24.8 Å². The maximum absolute atomic E-state index is 13.4. The van der Waals surface area contributed by atoms with Crippen molar-refractivity contribution in [1.29, 1.82) is 0 Å². The number of aromatic amines is 1. The Morgan fingerprint density at radius 3 is 2.62 bits per heavy atom. The molecule has 2 unspecified atom stereocenters. The van der Waals surface area contributed by atoms with Gasteiger partial charge in [0, 0.05) is 48.8 Å². The fourth-order valence-electron chi connectivity index (χ4n) is 5.54. The van der Waals surface area contributed by atoms with Gasteiger partial charge in [-0.2, -0.15) is 0 Å². The third-order valence-electron chi connectivity index (χ3n) is 7.49. The summed E-state index contributed by atoms with van der Waals surface area (Å²) in [6.45, 7) is 9.87. The Labute approximate surface area is 206 Å². The fourth-order valence-corrected chi connectivity index (χ4v) is 5.73. The number of carbonyl (C=O) groups excluding carboxylic acids is 1. The molecule has 2 saturated heterocycles. The van der Waals surface area contributed by atoms with Crippen LogP contribution in [-0.2, 0) is 0 Å². The number of anilines is 1. The SMILES string of the molecule is COc1cccc2c(C)c(C(=O)N3CC4CN(CCCNc5ccc(C)c(Cl)c5)CC4C3)[nH]c12. The third-order valence-corrected chi connectivity index (χ3v) is 7.90. The van der Waals surface area contributed by atoms with Crippen LogP contribution < -0.4 is 10.1 Å². The predicted molar refractivity (Wildman–Crippen MR) is 138 cm³/mol. The van der Waals surface area contributed by atoms with Crippen LogP contribution in [0.2, 0.25) is 5.02 Å². The number of fused-ring (bicyclic) bond motifs is 2. The highest BCUT2D eigenvalue weighted by Gasteiger charge is 2.42. The largest absolute Gasteiger partial charge is 0.495 e. The molecule has 0 saturated carbocycles. The Hall–Kier alpha value is -2.70. The van der Waals surface area contributed by atoms with Crippen LogP contribution in [0.5, 0.6) is 5.75 Å². The van der Waals surface area contributed by atoms with Crippen LogP contribution in [-0.4, -0.2) is 67.1 Å². The zero-order valence-corrected chi connectivity index (χ0v) is 20.9. The molecule has 2 aromatic carbocycles. The molecule has 7 heteroatoms. The van der Waals surface area contributed by atoms with Crippen LogP contribution in [0, 0.1) is 25.7 Å². The number of benzene rings is 2. The molecule has 2 atom stereocenters. The topological polar surface area (TPSA) is 60.6 Å². The van der Waals surface area contributed by atoms with Gasteiger partial charge in [0.05, 0.1) is 12.6 Å². The molecule has 2 aliphatic rings. The summed E-state index contributed by atoms with van der Waals surface area (Å²) in [5.41, 5.74) is 4.77. The maximum atomic E-state index is 13.4. The van der Waals surface area contributed by atoms with Crippen molar-refractivity contribution >= 4 is 34.1 Å². The van der Waals surface area contributed by atoms with Crippen molar-refractivity contribution in [2.45, 2.75) is 20.3 Å². The van der Waals surface area contributed by atoms with Crippen LogP contribution in [0.25, 0.3) is 10.9 Å². The molecular weight excluding hydrogens is 448 g/mol. The number of likely N-dealkylation sites (tertiary alicyclic amines) is 2. The molecule has 5 rings (SSSR count). The molecule has 0 aliphatic carbocycles. The van der Waals surface area contributed by atoms with Crippen molar-refractivity contribution in [3.8, 4) is 5.75 Å². The molecule has 1 aromatic heterocycles. The first-order chi connectivity index (χ1) is 16.4. The summed E-state index contributed by atoms with van der Waals surface area (Å²) in [6.07, 6.45) is 1.09. The van der Waals surface area contributed by atoms with E-state index in [1.165, 1.54) is 0 Å². The molecule has 34 heavy (non-hydrogen) atoms. The summed E-state index contributed by atoms with van der Waals surface area (Å²) in [7, 11) is 1.66. The molecule has 2 aliphatic heterocycles. The molecule has 2 N–H and O–H groups in total. The summed E-state index contributed by atoms with van der Waals surface area (Å²) in [6, 6.07) is 12.1. The molecule has 0 spiro atoms. The maximum Gasteiger partial charge on any atom is 0.270 e. The second-order valence-electron chi connectivity index (χ2n) is 9.74. The minimum atomic E-state index is 0.109. The Kier molecular flexibility index (Phi) is 6.45. The fraction of sp³-hybridized carbons (Fsp3) is 0.444. The molecule has 0 radical (unpaired) electrons. The van der Waals surface area contributed by atoms with Gasteiger partial charge in [-0.3, -0.25) is 4.79 Å². The standard InChI is InChI=1S/C27H33ClN4O2/c1-17-8-9-21(12-23(17)28)29-10-5-11-31-13-19-15-32(16-20(19)14-31)27(33)25-18(2)22-6-4-7-24(34-3)26(22)30-25/h4,6-9,12,19-20,29-30H,5,10-11,13-16H2,1-3H3. The lowest BCUT2D eigenvalue weighted by Crippen LogP contribution is -2.34. The molecule has 2 fully saturated rings. The van der Waals surface area contributed by atoms with Crippen molar-refractivity contribution in [2.75, 3.05) is 51.7 Å². The van der Waals surface area contributed by atoms with Crippen LogP contribution in [0.4, 0.5) is 5.69 Å². The number of hydrogen-bond acceptors (Lipinski definition) is 4. The number of ether oxygens (including phenoxy) is 1. The van der Waals surface area contributed by atoms with Crippen molar-refractivity contribution < 1.29 is 9.53 Å². The van der Waals surface area contributed by atoms with E-state index in [1.54, 1.807) is 7.11 Å². The Morgan fingerprint density at radius 1 is 1.15 bits per heavy atom. The number of hydrogen-bond donors (Lipinski definition) is 2. The number of H-pyrrole nitrogens is 1. The van der Waals surface area contributed by atoms with Gasteiger partial charge in [-0.05, 0) is 68.0 Å². The average molecular weight is 481 g/mol. The van der Waals surface area contributed by atoms with Gasteiger partial charge in [0.1, 0.15) is 11.4 Å². The molecule has 3 aromatic rings. The minimum Gasteiger partial charge on any atom is -0.495 e. The summed E-state index contributed by atoms with van der Waals surface area (Å²) in [4.78, 5) is 21.3. The zero-order valence-electron chi connectivity index (χ0n) is 20.2. The molecule has 1 amide bonds. The first-order valence-electron chi connectivity index (χ1n) is 12.1. The van der Waals surface area contributed by atoms with E-state index in [4.69, 9.17) is 16.3 Å². The lowest BCUT2D eigenvalue weighted by molar-refractivity contribution is 0.0768. The summed E-state index contributed by atoms with van der Waals surface area (Å²) < 4.78 is 5.48. The Balaban J connectivity index is 1.13. The third kappa shape index (κ3) is 4.37. The van der Waals surface area contributed by atoms with Gasteiger partial charge in [-0.15, -0.1) is 0 Å². The van der Waals surface area contributed by atoms with E-state index in [2.05, 4.69) is 21.3 Å². The molecule has 180 valence electrons. The average Bonchev–Trinajstić information content (AvgIpc) is 3.50. The highest BCUT2D eigenvalue weighted by Crippen LogP contribution is 2.34. The summed E-state index contributed by atoms with van der Waals surface area (Å²) in [5, 5.41) is 5.33. The smallest absolute Gasteiger partial charge is 0.270 e. The number of methoxy groups -OCH3 is 1. The number of carbonyl (C=O) groups is 1.